The lowest BCUT2D eigenvalue weighted by atomic mass is 10.1. The second kappa shape index (κ2) is 5.21. The van der Waals surface area contributed by atoms with Gasteiger partial charge >= 0.3 is 0 Å². The van der Waals surface area contributed by atoms with Gasteiger partial charge < -0.3 is 5.32 Å². The number of halogens is 2. The smallest absolute Gasteiger partial charge is 0.0892 e. The molecule has 2 rings (SSSR count). The fourth-order valence-corrected chi connectivity index (χ4v) is 2.41. The van der Waals surface area contributed by atoms with Crippen LogP contribution in [0.25, 0.3) is 10.9 Å². The molecule has 1 heterocycles. The second-order valence-electron chi connectivity index (χ2n) is 4.05. The highest BCUT2D eigenvalue weighted by Gasteiger charge is 2.07. The number of nitrogens with zero attached hydrogens (tertiary/aromatic N) is 1. The number of benzene rings is 1. The Kier molecular flexibility index (Phi) is 3.87. The topological polar surface area (TPSA) is 24.9 Å². The van der Waals surface area contributed by atoms with Crippen LogP contribution in [0.4, 0.5) is 0 Å². The van der Waals surface area contributed by atoms with E-state index in [1.165, 1.54) is 5.56 Å². The molecule has 0 unspecified atom stereocenters. The van der Waals surface area contributed by atoms with Gasteiger partial charge in [-0.1, -0.05) is 23.2 Å². The first-order valence-corrected chi connectivity index (χ1v) is 6.27. The Bertz CT molecular complexity index is 553. The summed E-state index contributed by atoms with van der Waals surface area (Å²) in [5.41, 5.74) is 3.07. The Morgan fingerprint density at radius 2 is 2.00 bits per heavy atom. The van der Waals surface area contributed by atoms with E-state index in [9.17, 15) is 0 Å². The molecule has 0 saturated carbocycles. The van der Waals surface area contributed by atoms with Gasteiger partial charge in [0.2, 0.25) is 0 Å². The van der Waals surface area contributed by atoms with Crippen molar-refractivity contribution in [1.82, 2.24) is 10.3 Å². The minimum atomic E-state index is 0.607. The maximum absolute atomic E-state index is 6.13. The van der Waals surface area contributed by atoms with Crippen LogP contribution in [0.2, 0.25) is 10.0 Å². The Morgan fingerprint density at radius 1 is 1.24 bits per heavy atom. The van der Waals surface area contributed by atoms with Crippen LogP contribution in [0, 0.1) is 6.92 Å². The van der Waals surface area contributed by atoms with E-state index in [1.54, 1.807) is 6.07 Å². The summed E-state index contributed by atoms with van der Waals surface area (Å²) in [7, 11) is 1.94. The summed E-state index contributed by atoms with van der Waals surface area (Å²) in [6.07, 6.45) is 0.954. The highest BCUT2D eigenvalue weighted by molar-refractivity contribution is 6.38. The van der Waals surface area contributed by atoms with Crippen LogP contribution in [0.5, 0.6) is 0 Å². The molecule has 0 bridgehead atoms. The lowest BCUT2D eigenvalue weighted by Gasteiger charge is -2.08. The Morgan fingerprint density at radius 3 is 2.71 bits per heavy atom. The highest BCUT2D eigenvalue weighted by atomic mass is 35.5. The van der Waals surface area contributed by atoms with E-state index in [0.29, 0.717) is 10.0 Å². The van der Waals surface area contributed by atoms with Crippen molar-refractivity contribution in [3.8, 4) is 0 Å². The van der Waals surface area contributed by atoms with Crippen molar-refractivity contribution in [2.45, 2.75) is 13.3 Å². The molecule has 90 valence electrons. The fraction of sp³-hybridized carbons (Fsp3) is 0.308. The van der Waals surface area contributed by atoms with Gasteiger partial charge in [-0.3, -0.25) is 4.98 Å². The van der Waals surface area contributed by atoms with Gasteiger partial charge in [0.1, 0.15) is 0 Å². The summed E-state index contributed by atoms with van der Waals surface area (Å²) in [6, 6.07) is 5.75. The average molecular weight is 269 g/mol. The summed E-state index contributed by atoms with van der Waals surface area (Å²) < 4.78 is 0. The van der Waals surface area contributed by atoms with Crippen LogP contribution in [-0.2, 0) is 6.42 Å². The summed E-state index contributed by atoms with van der Waals surface area (Å²) in [4.78, 5) is 4.55. The molecular formula is C13H14Cl2N2. The molecule has 2 aromatic rings. The third kappa shape index (κ3) is 2.71. The van der Waals surface area contributed by atoms with Crippen LogP contribution in [-0.4, -0.2) is 18.6 Å². The molecule has 0 fully saturated rings. The van der Waals surface area contributed by atoms with E-state index in [1.807, 2.05) is 20.0 Å². The SMILES string of the molecule is CNCCc1cc2cc(Cl)cc(Cl)c2nc1C. The minimum Gasteiger partial charge on any atom is -0.319 e. The van der Waals surface area contributed by atoms with Gasteiger partial charge in [-0.25, -0.2) is 0 Å². The molecule has 4 heteroatoms. The zero-order chi connectivity index (χ0) is 12.4. The lowest BCUT2D eigenvalue weighted by molar-refractivity contribution is 0.786. The molecule has 17 heavy (non-hydrogen) atoms. The van der Waals surface area contributed by atoms with Gasteiger partial charge in [-0.15, -0.1) is 0 Å². The van der Waals surface area contributed by atoms with Crippen molar-refractivity contribution < 1.29 is 0 Å². The first-order chi connectivity index (χ1) is 8.11. The van der Waals surface area contributed by atoms with Crippen molar-refractivity contribution in [1.29, 1.82) is 0 Å². The zero-order valence-corrected chi connectivity index (χ0v) is 11.4. The van der Waals surface area contributed by atoms with E-state index < -0.39 is 0 Å². The Hall–Kier alpha value is -0.830. The monoisotopic (exact) mass is 268 g/mol. The molecule has 1 N–H and O–H groups in total. The summed E-state index contributed by atoms with van der Waals surface area (Å²) >= 11 is 12.1. The molecule has 0 radical (unpaired) electrons. The number of rotatable bonds is 3. The molecule has 0 aliphatic rings. The number of nitrogens with one attached hydrogen (secondary N) is 1. The van der Waals surface area contributed by atoms with Gasteiger partial charge in [0.25, 0.3) is 0 Å². The van der Waals surface area contributed by atoms with Gasteiger partial charge in [-0.05, 0) is 50.7 Å². The third-order valence-corrected chi connectivity index (χ3v) is 3.28. The van der Waals surface area contributed by atoms with E-state index in [4.69, 9.17) is 23.2 Å². The molecule has 0 aliphatic carbocycles. The van der Waals surface area contributed by atoms with E-state index in [-0.39, 0.29) is 0 Å². The molecule has 0 aliphatic heterocycles. The molecule has 0 spiro atoms. The van der Waals surface area contributed by atoms with Crippen molar-refractivity contribution in [2.24, 2.45) is 0 Å². The summed E-state index contributed by atoms with van der Waals surface area (Å²) in [5, 5.41) is 5.39. The van der Waals surface area contributed by atoms with E-state index >= 15 is 0 Å². The van der Waals surface area contributed by atoms with Crippen molar-refractivity contribution in [3.63, 3.8) is 0 Å². The van der Waals surface area contributed by atoms with Crippen LogP contribution in [0.3, 0.4) is 0 Å². The highest BCUT2D eigenvalue weighted by Crippen LogP contribution is 2.28. The van der Waals surface area contributed by atoms with Gasteiger partial charge in [0.15, 0.2) is 0 Å². The molecule has 1 aromatic heterocycles. The average Bonchev–Trinajstić information content (AvgIpc) is 2.27. The molecule has 1 aromatic carbocycles. The minimum absolute atomic E-state index is 0.607. The van der Waals surface area contributed by atoms with Gasteiger partial charge in [0.05, 0.1) is 10.5 Å². The number of aryl methyl sites for hydroxylation is 1. The van der Waals surface area contributed by atoms with E-state index in [2.05, 4.69) is 16.4 Å². The molecule has 0 saturated heterocycles. The second-order valence-corrected chi connectivity index (χ2v) is 4.89. The third-order valence-electron chi connectivity index (χ3n) is 2.78. The standard InChI is InChI=1S/C13H14Cl2N2/c1-8-9(3-4-16-2)5-10-6-11(14)7-12(15)13(10)17-8/h5-7,16H,3-4H2,1-2H3. The number of pyridine rings is 1. The summed E-state index contributed by atoms with van der Waals surface area (Å²) in [5.74, 6) is 0. The maximum atomic E-state index is 6.13. The number of hydrogen-bond acceptors (Lipinski definition) is 2. The maximum Gasteiger partial charge on any atom is 0.0892 e. The number of fused-ring (bicyclic) bond motifs is 1. The normalized spacial score (nSPS) is 11.1. The van der Waals surface area contributed by atoms with Crippen molar-refractivity contribution in [2.75, 3.05) is 13.6 Å². The quantitative estimate of drug-likeness (QED) is 0.920. The van der Waals surface area contributed by atoms with Crippen LogP contribution >= 0.6 is 23.2 Å². The van der Waals surface area contributed by atoms with Crippen molar-refractivity contribution >= 4 is 34.1 Å². The van der Waals surface area contributed by atoms with Gasteiger partial charge in [0, 0.05) is 16.1 Å². The Balaban J connectivity index is 2.55. The molecule has 0 amide bonds. The van der Waals surface area contributed by atoms with Crippen molar-refractivity contribution in [3.05, 3.63) is 39.5 Å². The number of hydrogen-bond donors (Lipinski definition) is 1. The zero-order valence-electron chi connectivity index (χ0n) is 9.85. The van der Waals surface area contributed by atoms with Crippen LogP contribution in [0.1, 0.15) is 11.3 Å². The largest absolute Gasteiger partial charge is 0.319 e. The number of aromatic nitrogens is 1. The van der Waals surface area contributed by atoms with Crippen LogP contribution in [0.15, 0.2) is 18.2 Å². The first kappa shape index (κ1) is 12.6. The Labute approximate surface area is 111 Å². The van der Waals surface area contributed by atoms with Crippen LogP contribution < -0.4 is 5.32 Å². The lowest BCUT2D eigenvalue weighted by Crippen LogP contribution is -2.11. The fourth-order valence-electron chi connectivity index (χ4n) is 1.86. The van der Waals surface area contributed by atoms with Gasteiger partial charge in [-0.2, -0.15) is 0 Å². The first-order valence-electron chi connectivity index (χ1n) is 5.51. The number of likely N-dealkylation sites (N-methyl/N-ethyl adjacent to an activating group) is 1. The predicted molar refractivity (Wildman–Crippen MR) is 74.1 cm³/mol. The predicted octanol–water partition coefficient (Wildman–Crippen LogP) is 3.61. The molecular weight excluding hydrogens is 255 g/mol. The van der Waals surface area contributed by atoms with E-state index in [0.717, 1.165) is 29.6 Å². The molecule has 0 atom stereocenters. The molecule has 2 nitrogen and oxygen atoms in total. The summed E-state index contributed by atoms with van der Waals surface area (Å²) in [6.45, 7) is 2.94.